The number of nitrogens with zero attached hydrogens (tertiary/aromatic N) is 2. The van der Waals surface area contributed by atoms with Gasteiger partial charge in [0, 0.05) is 25.9 Å². The van der Waals surface area contributed by atoms with Crippen LogP contribution < -0.4 is 0 Å². The van der Waals surface area contributed by atoms with Crippen LogP contribution in [0.4, 0.5) is 5.69 Å². The van der Waals surface area contributed by atoms with E-state index in [4.69, 9.17) is 0 Å². The summed E-state index contributed by atoms with van der Waals surface area (Å²) in [6.45, 7) is 1.85. The van der Waals surface area contributed by atoms with Crippen molar-refractivity contribution in [1.82, 2.24) is 4.31 Å². The van der Waals surface area contributed by atoms with Crippen molar-refractivity contribution in [3.63, 3.8) is 0 Å². The smallest absolute Gasteiger partial charge is 0.242 e. The average molecular weight is 318 g/mol. The summed E-state index contributed by atoms with van der Waals surface area (Å²) in [5.41, 5.74) is 1.97. The number of aliphatic imine (C=N–C) groups is 1. The maximum Gasteiger partial charge on any atom is 0.242 e. The number of benzene rings is 2. The molecule has 0 aromatic heterocycles. The Kier molecular flexibility index (Phi) is 4.63. The topological polar surface area (TPSA) is 70.0 Å². The van der Waals surface area contributed by atoms with Crippen molar-refractivity contribution in [3.05, 3.63) is 53.6 Å². The molecule has 0 saturated heterocycles. The van der Waals surface area contributed by atoms with E-state index in [-0.39, 0.29) is 10.6 Å². The molecule has 0 spiro atoms. The predicted molar refractivity (Wildman–Crippen MR) is 87.4 cm³/mol. The molecule has 0 aliphatic rings. The fourth-order valence-electron chi connectivity index (χ4n) is 1.84. The molecule has 22 heavy (non-hydrogen) atoms. The van der Waals surface area contributed by atoms with Crippen LogP contribution in [0.2, 0.25) is 0 Å². The number of sulfonamides is 1. The Labute approximate surface area is 130 Å². The predicted octanol–water partition coefficient (Wildman–Crippen LogP) is 2.70. The molecule has 2 aromatic carbocycles. The Hall–Kier alpha value is -2.18. The molecule has 2 rings (SSSR count). The third-order valence-electron chi connectivity index (χ3n) is 3.24. The zero-order valence-corrected chi connectivity index (χ0v) is 13.5. The van der Waals surface area contributed by atoms with Crippen LogP contribution >= 0.6 is 0 Å². The molecule has 116 valence electrons. The molecule has 0 aliphatic carbocycles. The lowest BCUT2D eigenvalue weighted by atomic mass is 10.2. The van der Waals surface area contributed by atoms with Gasteiger partial charge in [0.1, 0.15) is 5.75 Å². The van der Waals surface area contributed by atoms with Gasteiger partial charge in [0.05, 0.1) is 10.6 Å². The normalized spacial score (nSPS) is 12.2. The van der Waals surface area contributed by atoms with Crippen LogP contribution in [-0.4, -0.2) is 38.1 Å². The summed E-state index contributed by atoms with van der Waals surface area (Å²) in [6.07, 6.45) is 1.52. The Morgan fingerprint density at radius 3 is 2.45 bits per heavy atom. The molecule has 6 heteroatoms. The van der Waals surface area contributed by atoms with E-state index in [1.807, 2.05) is 6.92 Å². The quantitative estimate of drug-likeness (QED) is 0.881. The van der Waals surface area contributed by atoms with Gasteiger partial charge >= 0.3 is 0 Å². The fraction of sp³-hybridized carbons (Fsp3) is 0.188. The monoisotopic (exact) mass is 318 g/mol. The molecule has 2 aromatic rings. The van der Waals surface area contributed by atoms with Gasteiger partial charge in [-0.15, -0.1) is 0 Å². The molecule has 5 nitrogen and oxygen atoms in total. The zero-order chi connectivity index (χ0) is 16.3. The number of aryl methyl sites for hydroxylation is 1. The van der Waals surface area contributed by atoms with E-state index in [0.29, 0.717) is 11.3 Å². The highest BCUT2D eigenvalue weighted by Gasteiger charge is 2.17. The molecule has 0 unspecified atom stereocenters. The molecular formula is C16H18N2O3S. The van der Waals surface area contributed by atoms with Crippen LogP contribution in [0.25, 0.3) is 0 Å². The van der Waals surface area contributed by atoms with E-state index < -0.39 is 10.0 Å². The number of phenols is 1. The number of hydrogen-bond acceptors (Lipinski definition) is 4. The first-order valence-electron chi connectivity index (χ1n) is 6.67. The van der Waals surface area contributed by atoms with Gasteiger partial charge in [-0.2, -0.15) is 0 Å². The van der Waals surface area contributed by atoms with Crippen LogP contribution in [0.5, 0.6) is 5.75 Å². The Balaban J connectivity index is 2.42. The number of rotatable bonds is 4. The van der Waals surface area contributed by atoms with Crippen LogP contribution in [0, 0.1) is 6.92 Å². The van der Waals surface area contributed by atoms with E-state index in [2.05, 4.69) is 4.99 Å². The van der Waals surface area contributed by atoms with E-state index in [0.717, 1.165) is 9.87 Å². The standard InChI is InChI=1S/C16H18N2O3S/c1-12-8-9-14(22(20,21)18(2)3)10-15(12)17-11-13-6-4-5-7-16(13)19/h4-11,19H,1-3H3. The summed E-state index contributed by atoms with van der Waals surface area (Å²) < 4.78 is 25.5. The van der Waals surface area contributed by atoms with Crippen molar-refractivity contribution in [2.24, 2.45) is 4.99 Å². The van der Waals surface area contributed by atoms with Crippen molar-refractivity contribution >= 4 is 21.9 Å². The second-order valence-corrected chi connectivity index (χ2v) is 7.20. The number of phenolic OH excluding ortho intramolecular Hbond substituents is 1. The van der Waals surface area contributed by atoms with Crippen molar-refractivity contribution in [1.29, 1.82) is 0 Å². The molecule has 0 bridgehead atoms. The summed E-state index contributed by atoms with van der Waals surface area (Å²) in [5, 5.41) is 9.72. The third kappa shape index (κ3) is 3.35. The first-order valence-corrected chi connectivity index (χ1v) is 8.11. The Morgan fingerprint density at radius 2 is 1.82 bits per heavy atom. The van der Waals surface area contributed by atoms with E-state index in [1.54, 1.807) is 36.4 Å². The highest BCUT2D eigenvalue weighted by Crippen LogP contribution is 2.25. The van der Waals surface area contributed by atoms with Gasteiger partial charge in [0.15, 0.2) is 0 Å². The fourth-order valence-corrected chi connectivity index (χ4v) is 2.76. The minimum Gasteiger partial charge on any atom is -0.507 e. The number of para-hydroxylation sites is 1. The highest BCUT2D eigenvalue weighted by molar-refractivity contribution is 7.89. The van der Waals surface area contributed by atoms with E-state index >= 15 is 0 Å². The molecule has 0 aliphatic heterocycles. The van der Waals surface area contributed by atoms with Gasteiger partial charge < -0.3 is 5.11 Å². The minimum absolute atomic E-state index is 0.126. The zero-order valence-electron chi connectivity index (χ0n) is 12.7. The van der Waals surface area contributed by atoms with Crippen LogP contribution in [0.1, 0.15) is 11.1 Å². The third-order valence-corrected chi connectivity index (χ3v) is 5.05. The second kappa shape index (κ2) is 6.29. The number of aromatic hydroxyl groups is 1. The maximum atomic E-state index is 12.2. The summed E-state index contributed by atoms with van der Waals surface area (Å²) in [4.78, 5) is 4.49. The van der Waals surface area contributed by atoms with Crippen LogP contribution in [-0.2, 0) is 10.0 Å². The van der Waals surface area contributed by atoms with Crippen LogP contribution in [0.3, 0.4) is 0 Å². The largest absolute Gasteiger partial charge is 0.507 e. The number of hydrogen-bond donors (Lipinski definition) is 1. The highest BCUT2D eigenvalue weighted by atomic mass is 32.2. The lowest BCUT2D eigenvalue weighted by molar-refractivity contribution is 0.474. The molecule has 0 amide bonds. The second-order valence-electron chi connectivity index (χ2n) is 5.05. The lowest BCUT2D eigenvalue weighted by Gasteiger charge is -2.12. The molecule has 0 radical (unpaired) electrons. The lowest BCUT2D eigenvalue weighted by Crippen LogP contribution is -2.22. The van der Waals surface area contributed by atoms with Crippen molar-refractivity contribution in [2.75, 3.05) is 14.1 Å². The van der Waals surface area contributed by atoms with Crippen molar-refractivity contribution in [2.45, 2.75) is 11.8 Å². The van der Waals surface area contributed by atoms with Gasteiger partial charge in [-0.25, -0.2) is 12.7 Å². The Morgan fingerprint density at radius 1 is 1.14 bits per heavy atom. The molecule has 0 fully saturated rings. The average Bonchev–Trinajstić information content (AvgIpc) is 2.47. The SMILES string of the molecule is Cc1ccc(S(=O)(=O)N(C)C)cc1N=Cc1ccccc1O. The Bertz CT molecular complexity index is 812. The van der Waals surface area contributed by atoms with Crippen LogP contribution in [0.15, 0.2) is 52.4 Å². The molecule has 1 N–H and O–H groups in total. The van der Waals surface area contributed by atoms with E-state index in [1.165, 1.54) is 26.4 Å². The summed E-state index contributed by atoms with van der Waals surface area (Å²) in [6, 6.07) is 11.6. The van der Waals surface area contributed by atoms with E-state index in [9.17, 15) is 13.5 Å². The van der Waals surface area contributed by atoms with Gasteiger partial charge in [0.25, 0.3) is 0 Å². The van der Waals surface area contributed by atoms with Gasteiger partial charge in [-0.1, -0.05) is 18.2 Å². The molecule has 0 heterocycles. The molecule has 0 atom stereocenters. The summed E-state index contributed by atoms with van der Waals surface area (Å²) in [7, 11) is -0.525. The molecule has 0 saturated carbocycles. The maximum absolute atomic E-state index is 12.2. The van der Waals surface area contributed by atoms with Crippen molar-refractivity contribution in [3.8, 4) is 5.75 Å². The van der Waals surface area contributed by atoms with Gasteiger partial charge in [-0.3, -0.25) is 4.99 Å². The summed E-state index contributed by atoms with van der Waals surface area (Å²) in [5.74, 6) is 0.126. The van der Waals surface area contributed by atoms with Crippen molar-refractivity contribution < 1.29 is 13.5 Å². The molecular weight excluding hydrogens is 300 g/mol. The van der Waals surface area contributed by atoms with Gasteiger partial charge in [0.2, 0.25) is 10.0 Å². The first-order chi connectivity index (χ1) is 10.3. The van der Waals surface area contributed by atoms with Gasteiger partial charge in [-0.05, 0) is 36.8 Å². The first kappa shape index (κ1) is 16.2. The minimum atomic E-state index is -3.50. The summed E-state index contributed by atoms with van der Waals surface area (Å²) >= 11 is 0.